The first-order valence-corrected chi connectivity index (χ1v) is 9.37. The molecule has 0 bridgehead atoms. The number of ether oxygens (including phenoxy) is 1. The zero-order valence-corrected chi connectivity index (χ0v) is 16.2. The Kier molecular flexibility index (Phi) is 6.01. The molecule has 1 atom stereocenters. The van der Waals surface area contributed by atoms with Gasteiger partial charge in [0, 0.05) is 36.9 Å². The predicted molar refractivity (Wildman–Crippen MR) is 106 cm³/mol. The first-order valence-electron chi connectivity index (χ1n) is 8.99. The number of nitrogens with one attached hydrogen (secondary N) is 2. The maximum Gasteiger partial charge on any atom is 0.221 e. The van der Waals surface area contributed by atoms with Crippen molar-refractivity contribution in [3.05, 3.63) is 52.5 Å². The fourth-order valence-corrected chi connectivity index (χ4v) is 3.34. The van der Waals surface area contributed by atoms with Crippen molar-refractivity contribution in [3.8, 4) is 16.9 Å². The Labute approximate surface area is 164 Å². The molecule has 0 fully saturated rings. The Morgan fingerprint density at radius 1 is 1.19 bits per heavy atom. The lowest BCUT2D eigenvalue weighted by Gasteiger charge is -2.14. The van der Waals surface area contributed by atoms with Gasteiger partial charge in [-0.05, 0) is 41.8 Å². The third-order valence-electron chi connectivity index (χ3n) is 4.45. The predicted octanol–water partition coefficient (Wildman–Crippen LogP) is 3.26. The minimum absolute atomic E-state index is 0.0995. The normalized spacial score (nSPS) is 15.0. The summed E-state index contributed by atoms with van der Waals surface area (Å²) in [6.45, 7) is 4.28. The van der Waals surface area contributed by atoms with Gasteiger partial charge in [0.1, 0.15) is 11.9 Å². The van der Waals surface area contributed by atoms with Crippen LogP contribution in [0.2, 0.25) is 5.02 Å². The number of carbonyl (C=O) groups is 2. The van der Waals surface area contributed by atoms with E-state index in [-0.39, 0.29) is 24.3 Å². The Hall–Kier alpha value is -2.53. The van der Waals surface area contributed by atoms with E-state index in [4.69, 9.17) is 16.3 Å². The molecule has 142 valence electrons. The number of hydrogen-bond acceptors (Lipinski definition) is 3. The van der Waals surface area contributed by atoms with Crippen LogP contribution in [0.4, 0.5) is 0 Å². The smallest absolute Gasteiger partial charge is 0.221 e. The number of rotatable bonds is 6. The SMILES string of the molecule is CC(=O)NCCC(=O)NC[C@@H]1Cc2cc(C)cc(-c3ccc(Cl)cc3)c2O1. The van der Waals surface area contributed by atoms with Crippen LogP contribution < -0.4 is 15.4 Å². The highest BCUT2D eigenvalue weighted by atomic mass is 35.5. The number of hydrogen-bond donors (Lipinski definition) is 2. The molecule has 0 aliphatic carbocycles. The van der Waals surface area contributed by atoms with Crippen molar-refractivity contribution in [2.45, 2.75) is 32.8 Å². The van der Waals surface area contributed by atoms with Crippen molar-refractivity contribution < 1.29 is 14.3 Å². The summed E-state index contributed by atoms with van der Waals surface area (Å²) in [5.74, 6) is 0.639. The van der Waals surface area contributed by atoms with E-state index in [1.165, 1.54) is 12.5 Å². The van der Waals surface area contributed by atoms with Crippen LogP contribution in [-0.4, -0.2) is 31.0 Å². The van der Waals surface area contributed by atoms with E-state index < -0.39 is 0 Å². The zero-order valence-electron chi connectivity index (χ0n) is 15.5. The van der Waals surface area contributed by atoms with Crippen LogP contribution in [-0.2, 0) is 16.0 Å². The number of amides is 2. The van der Waals surface area contributed by atoms with Crippen molar-refractivity contribution in [2.24, 2.45) is 0 Å². The fourth-order valence-electron chi connectivity index (χ4n) is 3.22. The highest BCUT2D eigenvalue weighted by Gasteiger charge is 2.26. The van der Waals surface area contributed by atoms with E-state index in [9.17, 15) is 9.59 Å². The number of halogens is 1. The third-order valence-corrected chi connectivity index (χ3v) is 4.70. The molecule has 0 unspecified atom stereocenters. The Morgan fingerprint density at radius 3 is 2.63 bits per heavy atom. The van der Waals surface area contributed by atoms with Gasteiger partial charge < -0.3 is 15.4 Å². The molecule has 0 saturated heterocycles. The van der Waals surface area contributed by atoms with Crippen molar-refractivity contribution >= 4 is 23.4 Å². The van der Waals surface area contributed by atoms with Gasteiger partial charge in [-0.3, -0.25) is 9.59 Å². The first kappa shape index (κ1) is 19.2. The molecule has 2 amide bonds. The van der Waals surface area contributed by atoms with Crippen molar-refractivity contribution in [1.82, 2.24) is 10.6 Å². The van der Waals surface area contributed by atoms with Crippen LogP contribution in [0.3, 0.4) is 0 Å². The van der Waals surface area contributed by atoms with E-state index in [1.54, 1.807) is 0 Å². The van der Waals surface area contributed by atoms with Gasteiger partial charge in [0.05, 0.1) is 6.54 Å². The molecule has 1 aliphatic heterocycles. The maximum absolute atomic E-state index is 11.9. The highest BCUT2D eigenvalue weighted by molar-refractivity contribution is 6.30. The third kappa shape index (κ3) is 5.01. The van der Waals surface area contributed by atoms with Gasteiger partial charge in [-0.15, -0.1) is 0 Å². The van der Waals surface area contributed by atoms with Gasteiger partial charge in [0.25, 0.3) is 0 Å². The van der Waals surface area contributed by atoms with Crippen molar-refractivity contribution in [1.29, 1.82) is 0 Å². The van der Waals surface area contributed by atoms with Crippen LogP contribution in [0.5, 0.6) is 5.75 Å². The average molecular weight is 387 g/mol. The Bertz CT molecular complexity index is 849. The monoisotopic (exact) mass is 386 g/mol. The molecule has 1 heterocycles. The minimum Gasteiger partial charge on any atom is -0.487 e. The standard InChI is InChI=1S/C21H23ClN2O3/c1-13-9-16-11-18(12-24-20(26)7-8-23-14(2)25)27-21(16)19(10-13)15-3-5-17(22)6-4-15/h3-6,9-10,18H,7-8,11-12H2,1-2H3,(H,23,25)(H,24,26)/t18-/m0/s1. The molecule has 6 heteroatoms. The maximum atomic E-state index is 11.9. The topological polar surface area (TPSA) is 67.4 Å². The lowest BCUT2D eigenvalue weighted by atomic mass is 9.98. The molecular formula is C21H23ClN2O3. The van der Waals surface area contributed by atoms with Crippen molar-refractivity contribution in [2.75, 3.05) is 13.1 Å². The fraction of sp³-hybridized carbons (Fsp3) is 0.333. The van der Waals surface area contributed by atoms with Crippen LogP contribution >= 0.6 is 11.6 Å². The van der Waals surface area contributed by atoms with E-state index in [0.717, 1.165) is 28.9 Å². The molecule has 0 spiro atoms. The minimum atomic E-state index is -0.137. The lowest BCUT2D eigenvalue weighted by molar-refractivity contribution is -0.121. The number of aryl methyl sites for hydroxylation is 1. The largest absolute Gasteiger partial charge is 0.487 e. The van der Waals surface area contributed by atoms with E-state index >= 15 is 0 Å². The molecule has 2 aromatic rings. The summed E-state index contributed by atoms with van der Waals surface area (Å²) in [5.41, 5.74) is 4.42. The molecule has 0 radical (unpaired) electrons. The summed E-state index contributed by atoms with van der Waals surface area (Å²) in [4.78, 5) is 22.7. The number of fused-ring (bicyclic) bond motifs is 1. The molecule has 2 aromatic carbocycles. The molecule has 5 nitrogen and oxygen atoms in total. The van der Waals surface area contributed by atoms with Crippen LogP contribution in [0, 0.1) is 6.92 Å². The van der Waals surface area contributed by atoms with Gasteiger partial charge in [-0.25, -0.2) is 0 Å². The molecule has 0 saturated carbocycles. The molecule has 27 heavy (non-hydrogen) atoms. The van der Waals surface area contributed by atoms with Crippen LogP contribution in [0.15, 0.2) is 36.4 Å². The zero-order chi connectivity index (χ0) is 19.4. The second-order valence-electron chi connectivity index (χ2n) is 6.79. The quantitative estimate of drug-likeness (QED) is 0.800. The van der Waals surface area contributed by atoms with Crippen LogP contribution in [0.25, 0.3) is 11.1 Å². The van der Waals surface area contributed by atoms with E-state index in [2.05, 4.69) is 29.7 Å². The van der Waals surface area contributed by atoms with Crippen LogP contribution in [0.1, 0.15) is 24.5 Å². The summed E-state index contributed by atoms with van der Waals surface area (Å²) < 4.78 is 6.15. The number of benzene rings is 2. The van der Waals surface area contributed by atoms with Gasteiger partial charge >= 0.3 is 0 Å². The van der Waals surface area contributed by atoms with E-state index in [1.807, 2.05) is 24.3 Å². The summed E-state index contributed by atoms with van der Waals surface area (Å²) in [5, 5.41) is 6.19. The van der Waals surface area contributed by atoms with Crippen molar-refractivity contribution in [3.63, 3.8) is 0 Å². The second-order valence-corrected chi connectivity index (χ2v) is 7.23. The molecule has 3 rings (SSSR count). The molecular weight excluding hydrogens is 364 g/mol. The second kappa shape index (κ2) is 8.44. The molecule has 2 N–H and O–H groups in total. The first-order chi connectivity index (χ1) is 12.9. The Morgan fingerprint density at radius 2 is 1.93 bits per heavy atom. The summed E-state index contributed by atoms with van der Waals surface area (Å²) in [6, 6.07) is 11.9. The highest BCUT2D eigenvalue weighted by Crippen LogP contribution is 2.40. The molecule has 0 aromatic heterocycles. The summed E-state index contributed by atoms with van der Waals surface area (Å²) in [7, 11) is 0. The van der Waals surface area contributed by atoms with E-state index in [0.29, 0.717) is 18.1 Å². The van der Waals surface area contributed by atoms with Gasteiger partial charge in [0.15, 0.2) is 0 Å². The number of carbonyl (C=O) groups excluding carboxylic acids is 2. The van der Waals surface area contributed by atoms with Gasteiger partial charge in [-0.1, -0.05) is 29.8 Å². The van der Waals surface area contributed by atoms with Gasteiger partial charge in [-0.2, -0.15) is 0 Å². The molecule has 1 aliphatic rings. The summed E-state index contributed by atoms with van der Waals surface area (Å²) in [6.07, 6.45) is 0.912. The summed E-state index contributed by atoms with van der Waals surface area (Å²) >= 11 is 6.00. The lowest BCUT2D eigenvalue weighted by Crippen LogP contribution is -2.36. The Balaban J connectivity index is 1.64. The average Bonchev–Trinajstić information content (AvgIpc) is 3.02. The van der Waals surface area contributed by atoms with Gasteiger partial charge in [0.2, 0.25) is 11.8 Å².